The van der Waals surface area contributed by atoms with Crippen LogP contribution < -0.4 is 0 Å². The van der Waals surface area contributed by atoms with Crippen molar-refractivity contribution in [1.82, 2.24) is 9.80 Å². The fraction of sp³-hybridized carbons (Fsp3) is 0.520. The zero-order valence-corrected chi connectivity index (χ0v) is 19.7. The molecule has 6 heteroatoms. The Morgan fingerprint density at radius 1 is 0.903 bits per heavy atom. The maximum atomic E-state index is 13.3. The summed E-state index contributed by atoms with van der Waals surface area (Å²) in [4.78, 5) is 30.9. The van der Waals surface area contributed by atoms with Gasteiger partial charge in [0.05, 0.1) is 13.1 Å². The van der Waals surface area contributed by atoms with E-state index >= 15 is 0 Å². The number of carbonyl (C=O) groups excluding carboxylic acids is 2. The third-order valence-electron chi connectivity index (χ3n) is 5.09. The minimum absolute atomic E-state index is 0.0162. The summed E-state index contributed by atoms with van der Waals surface area (Å²) in [6.07, 6.45) is 4.21. The Bertz CT molecular complexity index is 749. The molecular weight excluding hydrogens is 408 g/mol. The summed E-state index contributed by atoms with van der Waals surface area (Å²) in [5.74, 6) is 0.0478. The number of thiophene rings is 1. The van der Waals surface area contributed by atoms with Crippen molar-refractivity contribution in [2.75, 3.05) is 26.3 Å². The number of benzene rings is 1. The lowest BCUT2D eigenvalue weighted by molar-refractivity contribution is -0.141. The van der Waals surface area contributed by atoms with Crippen LogP contribution in [0.2, 0.25) is 0 Å². The Balaban J connectivity index is 2.06. The molecule has 0 N–H and O–H groups in total. The standard InChI is InChI=1S/C25H36N2O3S/c1-3-5-7-15-24(28)26(16-11-17-30-4-2)21-25(29)27(20-23-14-10-18-31-23)19-22-12-8-6-9-13-22/h6,8-10,12-14,18H,3-5,7,11,15-17,19-21H2,1-2H3. The molecule has 0 aliphatic carbocycles. The van der Waals surface area contributed by atoms with E-state index in [4.69, 9.17) is 4.74 Å². The molecule has 1 heterocycles. The molecule has 0 bridgehead atoms. The largest absolute Gasteiger partial charge is 0.382 e. The van der Waals surface area contributed by atoms with Gasteiger partial charge in [0.1, 0.15) is 0 Å². The van der Waals surface area contributed by atoms with Gasteiger partial charge >= 0.3 is 0 Å². The van der Waals surface area contributed by atoms with E-state index in [2.05, 4.69) is 6.92 Å². The Morgan fingerprint density at radius 2 is 1.71 bits per heavy atom. The average molecular weight is 445 g/mol. The van der Waals surface area contributed by atoms with Crippen LogP contribution in [0.1, 0.15) is 56.4 Å². The number of nitrogens with zero attached hydrogens (tertiary/aromatic N) is 2. The summed E-state index contributed by atoms with van der Waals surface area (Å²) in [6.45, 7) is 7.12. The normalized spacial score (nSPS) is 10.8. The van der Waals surface area contributed by atoms with Gasteiger partial charge in [-0.25, -0.2) is 0 Å². The molecule has 2 rings (SSSR count). The molecular formula is C25H36N2O3S. The van der Waals surface area contributed by atoms with Crippen molar-refractivity contribution in [2.24, 2.45) is 0 Å². The molecule has 2 amide bonds. The van der Waals surface area contributed by atoms with Crippen LogP contribution in [-0.2, 0) is 27.4 Å². The first kappa shape index (κ1) is 25.1. The molecule has 170 valence electrons. The lowest BCUT2D eigenvalue weighted by Gasteiger charge is -2.28. The molecule has 0 spiro atoms. The molecule has 0 atom stereocenters. The number of unbranched alkanes of at least 4 members (excludes halogenated alkanes) is 2. The monoisotopic (exact) mass is 444 g/mol. The average Bonchev–Trinajstić information content (AvgIpc) is 3.29. The molecule has 2 aromatic rings. The van der Waals surface area contributed by atoms with Crippen LogP contribution >= 0.6 is 11.3 Å². The second-order valence-corrected chi connectivity index (χ2v) is 8.67. The third-order valence-corrected chi connectivity index (χ3v) is 5.95. The summed E-state index contributed by atoms with van der Waals surface area (Å²) in [6, 6.07) is 14.1. The van der Waals surface area contributed by atoms with Gasteiger partial charge in [-0.2, -0.15) is 0 Å². The van der Waals surface area contributed by atoms with Crippen molar-refractivity contribution in [3.05, 3.63) is 58.3 Å². The van der Waals surface area contributed by atoms with E-state index in [0.717, 1.165) is 36.1 Å². The van der Waals surface area contributed by atoms with Crippen molar-refractivity contribution in [3.63, 3.8) is 0 Å². The van der Waals surface area contributed by atoms with E-state index in [9.17, 15) is 9.59 Å². The van der Waals surface area contributed by atoms with Gasteiger partial charge < -0.3 is 14.5 Å². The van der Waals surface area contributed by atoms with Gasteiger partial charge in [-0.05, 0) is 36.8 Å². The number of ether oxygens (including phenoxy) is 1. The highest BCUT2D eigenvalue weighted by atomic mass is 32.1. The van der Waals surface area contributed by atoms with Gasteiger partial charge in [0.25, 0.3) is 0 Å². The molecule has 0 aliphatic heterocycles. The first-order valence-electron chi connectivity index (χ1n) is 11.3. The number of hydrogen-bond acceptors (Lipinski definition) is 4. The van der Waals surface area contributed by atoms with Crippen LogP contribution in [0.25, 0.3) is 0 Å². The Kier molecular flexibility index (Phi) is 11.9. The summed E-state index contributed by atoms with van der Waals surface area (Å²) in [7, 11) is 0. The lowest BCUT2D eigenvalue weighted by Crippen LogP contribution is -2.43. The molecule has 0 fully saturated rings. The second-order valence-electron chi connectivity index (χ2n) is 7.64. The van der Waals surface area contributed by atoms with Gasteiger partial charge in [0.15, 0.2) is 0 Å². The number of carbonyl (C=O) groups is 2. The Hall–Kier alpha value is -2.18. The molecule has 1 aromatic heterocycles. The predicted molar refractivity (Wildman–Crippen MR) is 127 cm³/mol. The van der Waals surface area contributed by atoms with E-state index in [0.29, 0.717) is 39.3 Å². The van der Waals surface area contributed by atoms with Crippen molar-refractivity contribution in [3.8, 4) is 0 Å². The van der Waals surface area contributed by atoms with Gasteiger partial charge in [-0.1, -0.05) is 56.2 Å². The molecule has 0 unspecified atom stereocenters. The highest BCUT2D eigenvalue weighted by molar-refractivity contribution is 7.09. The highest BCUT2D eigenvalue weighted by Crippen LogP contribution is 2.16. The lowest BCUT2D eigenvalue weighted by atomic mass is 10.2. The zero-order chi connectivity index (χ0) is 22.3. The van der Waals surface area contributed by atoms with Gasteiger partial charge in [-0.15, -0.1) is 11.3 Å². The summed E-state index contributed by atoms with van der Waals surface area (Å²) in [5.41, 5.74) is 1.09. The second kappa shape index (κ2) is 14.8. The van der Waals surface area contributed by atoms with Crippen LogP contribution in [0.15, 0.2) is 47.8 Å². The minimum atomic E-state index is -0.0162. The molecule has 0 aliphatic rings. The topological polar surface area (TPSA) is 49.9 Å². The van der Waals surface area contributed by atoms with Crippen molar-refractivity contribution < 1.29 is 14.3 Å². The van der Waals surface area contributed by atoms with E-state index in [-0.39, 0.29) is 18.4 Å². The number of amides is 2. The van der Waals surface area contributed by atoms with Crippen LogP contribution in [-0.4, -0.2) is 47.9 Å². The van der Waals surface area contributed by atoms with Gasteiger partial charge in [-0.3, -0.25) is 9.59 Å². The predicted octanol–water partition coefficient (Wildman–Crippen LogP) is 5.11. The van der Waals surface area contributed by atoms with Crippen molar-refractivity contribution >= 4 is 23.2 Å². The van der Waals surface area contributed by atoms with Gasteiger partial charge in [0.2, 0.25) is 11.8 Å². The smallest absolute Gasteiger partial charge is 0.242 e. The van der Waals surface area contributed by atoms with E-state index in [1.807, 2.05) is 59.7 Å². The fourth-order valence-electron chi connectivity index (χ4n) is 3.37. The summed E-state index contributed by atoms with van der Waals surface area (Å²) >= 11 is 1.65. The van der Waals surface area contributed by atoms with Crippen molar-refractivity contribution in [1.29, 1.82) is 0 Å². The SMILES string of the molecule is CCCCCC(=O)N(CCCOCC)CC(=O)N(Cc1ccccc1)Cc1cccs1. The van der Waals surface area contributed by atoms with Crippen molar-refractivity contribution in [2.45, 2.75) is 59.0 Å². The quantitative estimate of drug-likeness (QED) is 0.359. The third kappa shape index (κ3) is 9.66. The maximum absolute atomic E-state index is 13.3. The molecule has 1 aromatic carbocycles. The minimum Gasteiger partial charge on any atom is -0.382 e. The molecule has 0 saturated heterocycles. The first-order valence-corrected chi connectivity index (χ1v) is 12.2. The van der Waals surface area contributed by atoms with Crippen LogP contribution in [0.4, 0.5) is 0 Å². The Labute approximate surface area is 191 Å². The summed E-state index contributed by atoms with van der Waals surface area (Å²) < 4.78 is 5.43. The number of rotatable bonds is 15. The van der Waals surface area contributed by atoms with E-state index in [1.165, 1.54) is 0 Å². The zero-order valence-electron chi connectivity index (χ0n) is 18.9. The van der Waals surface area contributed by atoms with Crippen LogP contribution in [0, 0.1) is 0 Å². The van der Waals surface area contributed by atoms with Gasteiger partial charge in [0, 0.05) is 37.6 Å². The van der Waals surface area contributed by atoms with Crippen LogP contribution in [0.5, 0.6) is 0 Å². The van der Waals surface area contributed by atoms with E-state index in [1.54, 1.807) is 16.2 Å². The number of hydrogen-bond donors (Lipinski definition) is 0. The maximum Gasteiger partial charge on any atom is 0.242 e. The first-order chi connectivity index (χ1) is 15.1. The summed E-state index contributed by atoms with van der Waals surface area (Å²) in [5, 5.41) is 2.03. The van der Waals surface area contributed by atoms with E-state index < -0.39 is 0 Å². The molecule has 31 heavy (non-hydrogen) atoms. The Morgan fingerprint density at radius 3 is 2.39 bits per heavy atom. The fourth-order valence-corrected chi connectivity index (χ4v) is 4.09. The molecule has 5 nitrogen and oxygen atoms in total. The van der Waals surface area contributed by atoms with Crippen LogP contribution in [0.3, 0.4) is 0 Å². The molecule has 0 radical (unpaired) electrons. The molecule has 0 saturated carbocycles. The highest BCUT2D eigenvalue weighted by Gasteiger charge is 2.21.